The van der Waals surface area contributed by atoms with Crippen LogP contribution in [0.2, 0.25) is 5.02 Å². The molecule has 0 aliphatic carbocycles. The molecule has 92 valence electrons. The van der Waals surface area contributed by atoms with Gasteiger partial charge in [-0.1, -0.05) is 11.6 Å². The number of carbonyl (C=O) groups excluding carboxylic acids is 2. The number of nitrogens with two attached hydrogens (primary N) is 1. The Morgan fingerprint density at radius 1 is 1.47 bits per heavy atom. The van der Waals surface area contributed by atoms with Crippen molar-refractivity contribution in [3.8, 4) is 0 Å². The summed E-state index contributed by atoms with van der Waals surface area (Å²) in [7, 11) is 1.67. The molecule has 1 heterocycles. The lowest BCUT2D eigenvalue weighted by molar-refractivity contribution is -0.119. The largest absolute Gasteiger partial charge is 0.373 e. The summed E-state index contributed by atoms with van der Waals surface area (Å²) in [5.41, 5.74) is 5.08. The van der Waals surface area contributed by atoms with Gasteiger partial charge in [-0.25, -0.2) is 4.98 Å². The maximum atomic E-state index is 11.8. The molecule has 0 radical (unpaired) electrons. The van der Waals surface area contributed by atoms with Crippen molar-refractivity contribution in [2.24, 2.45) is 5.73 Å². The number of primary amides is 1. The van der Waals surface area contributed by atoms with Crippen molar-refractivity contribution in [1.82, 2.24) is 10.3 Å². The SMILES string of the molecule is CNc1ccc(Cl)c(C(=O)NC(C)C(N)=O)n1. The summed E-state index contributed by atoms with van der Waals surface area (Å²) in [6, 6.07) is 2.40. The lowest BCUT2D eigenvalue weighted by Crippen LogP contribution is -2.42. The molecule has 4 N–H and O–H groups in total. The van der Waals surface area contributed by atoms with Crippen molar-refractivity contribution < 1.29 is 9.59 Å². The quantitative estimate of drug-likeness (QED) is 0.725. The molecular weight excluding hydrogens is 244 g/mol. The number of nitrogens with zero attached hydrogens (tertiary/aromatic N) is 1. The van der Waals surface area contributed by atoms with Gasteiger partial charge in [-0.05, 0) is 19.1 Å². The van der Waals surface area contributed by atoms with Gasteiger partial charge < -0.3 is 16.4 Å². The van der Waals surface area contributed by atoms with E-state index >= 15 is 0 Å². The van der Waals surface area contributed by atoms with Crippen molar-refractivity contribution in [3.05, 3.63) is 22.8 Å². The Labute approximate surface area is 104 Å². The first-order chi connectivity index (χ1) is 7.95. The molecule has 7 heteroatoms. The molecule has 0 spiro atoms. The average Bonchev–Trinajstić information content (AvgIpc) is 2.29. The van der Waals surface area contributed by atoms with Crippen LogP contribution in [-0.4, -0.2) is 29.9 Å². The highest BCUT2D eigenvalue weighted by Gasteiger charge is 2.17. The van der Waals surface area contributed by atoms with E-state index in [0.29, 0.717) is 5.82 Å². The Hall–Kier alpha value is -1.82. The van der Waals surface area contributed by atoms with Gasteiger partial charge in [0.2, 0.25) is 5.91 Å². The number of aromatic nitrogens is 1. The number of carbonyl (C=O) groups is 2. The molecule has 17 heavy (non-hydrogen) atoms. The normalized spacial score (nSPS) is 11.7. The minimum absolute atomic E-state index is 0.0478. The fourth-order valence-corrected chi connectivity index (χ4v) is 1.27. The lowest BCUT2D eigenvalue weighted by Gasteiger charge is -2.11. The third-order valence-electron chi connectivity index (χ3n) is 2.09. The van der Waals surface area contributed by atoms with Crippen LogP contribution in [0.15, 0.2) is 12.1 Å². The smallest absolute Gasteiger partial charge is 0.272 e. The molecule has 0 aromatic carbocycles. The van der Waals surface area contributed by atoms with E-state index in [2.05, 4.69) is 15.6 Å². The Morgan fingerprint density at radius 2 is 2.12 bits per heavy atom. The molecule has 0 saturated heterocycles. The standard InChI is InChI=1S/C10H13ClN4O2/c1-5(9(12)16)14-10(17)8-6(11)3-4-7(13-2)15-8/h3-5H,1-2H3,(H2,12,16)(H,13,15)(H,14,17). The topological polar surface area (TPSA) is 97.1 Å². The summed E-state index contributed by atoms with van der Waals surface area (Å²) in [5, 5.41) is 5.39. The Morgan fingerprint density at radius 3 is 2.65 bits per heavy atom. The number of amides is 2. The van der Waals surface area contributed by atoms with E-state index < -0.39 is 17.9 Å². The van der Waals surface area contributed by atoms with Crippen LogP contribution >= 0.6 is 11.6 Å². The first kappa shape index (κ1) is 13.2. The monoisotopic (exact) mass is 256 g/mol. The van der Waals surface area contributed by atoms with Crippen LogP contribution in [0.5, 0.6) is 0 Å². The molecular formula is C10H13ClN4O2. The van der Waals surface area contributed by atoms with Crippen molar-refractivity contribution in [2.45, 2.75) is 13.0 Å². The Bertz CT molecular complexity index is 450. The van der Waals surface area contributed by atoms with E-state index in [1.54, 1.807) is 19.2 Å². The molecule has 0 fully saturated rings. The van der Waals surface area contributed by atoms with Crippen LogP contribution < -0.4 is 16.4 Å². The van der Waals surface area contributed by atoms with Crippen LogP contribution in [-0.2, 0) is 4.79 Å². The summed E-state index contributed by atoms with van der Waals surface area (Å²) >= 11 is 5.84. The zero-order valence-corrected chi connectivity index (χ0v) is 10.2. The minimum atomic E-state index is -0.779. The second kappa shape index (κ2) is 5.49. The van der Waals surface area contributed by atoms with Gasteiger partial charge in [0.25, 0.3) is 5.91 Å². The average molecular weight is 257 g/mol. The minimum Gasteiger partial charge on any atom is -0.373 e. The highest BCUT2D eigenvalue weighted by molar-refractivity contribution is 6.33. The van der Waals surface area contributed by atoms with Gasteiger partial charge in [-0.2, -0.15) is 0 Å². The summed E-state index contributed by atoms with van der Waals surface area (Å²) < 4.78 is 0. The first-order valence-electron chi connectivity index (χ1n) is 4.90. The number of hydrogen-bond donors (Lipinski definition) is 3. The second-order valence-corrected chi connectivity index (χ2v) is 3.78. The van der Waals surface area contributed by atoms with Crippen LogP contribution in [0.4, 0.5) is 5.82 Å². The van der Waals surface area contributed by atoms with Crippen LogP contribution in [0.25, 0.3) is 0 Å². The highest BCUT2D eigenvalue weighted by Crippen LogP contribution is 2.16. The summed E-state index contributed by atoms with van der Waals surface area (Å²) in [6.45, 7) is 1.48. The number of nitrogens with one attached hydrogen (secondary N) is 2. The number of rotatable bonds is 4. The maximum Gasteiger partial charge on any atom is 0.272 e. The molecule has 1 aromatic rings. The molecule has 0 bridgehead atoms. The fraction of sp³-hybridized carbons (Fsp3) is 0.300. The predicted molar refractivity (Wildman–Crippen MR) is 64.9 cm³/mol. The van der Waals surface area contributed by atoms with Crippen LogP contribution in [0.3, 0.4) is 0 Å². The summed E-state index contributed by atoms with van der Waals surface area (Å²) in [5.74, 6) is -0.663. The number of hydrogen-bond acceptors (Lipinski definition) is 4. The highest BCUT2D eigenvalue weighted by atomic mass is 35.5. The molecule has 2 amide bonds. The fourth-order valence-electron chi connectivity index (χ4n) is 1.08. The van der Waals surface area contributed by atoms with E-state index in [1.807, 2.05) is 0 Å². The third-order valence-corrected chi connectivity index (χ3v) is 2.40. The zero-order chi connectivity index (χ0) is 13.0. The molecule has 1 rings (SSSR count). The van der Waals surface area contributed by atoms with Crippen LogP contribution in [0.1, 0.15) is 17.4 Å². The molecule has 1 aromatic heterocycles. The van der Waals surface area contributed by atoms with Gasteiger partial charge in [-0.15, -0.1) is 0 Å². The van der Waals surface area contributed by atoms with Gasteiger partial charge in [0.15, 0.2) is 0 Å². The van der Waals surface area contributed by atoms with E-state index in [9.17, 15) is 9.59 Å². The second-order valence-electron chi connectivity index (χ2n) is 3.37. The first-order valence-corrected chi connectivity index (χ1v) is 5.28. The zero-order valence-electron chi connectivity index (χ0n) is 9.45. The third kappa shape index (κ3) is 3.32. The van der Waals surface area contributed by atoms with Gasteiger partial charge in [0.1, 0.15) is 17.6 Å². The molecule has 1 atom stereocenters. The van der Waals surface area contributed by atoms with Gasteiger partial charge >= 0.3 is 0 Å². The molecule has 6 nitrogen and oxygen atoms in total. The number of halogens is 1. The Balaban J connectivity index is 2.91. The van der Waals surface area contributed by atoms with Gasteiger partial charge in [-0.3, -0.25) is 9.59 Å². The van der Waals surface area contributed by atoms with Gasteiger partial charge in [0, 0.05) is 7.05 Å². The summed E-state index contributed by atoms with van der Waals surface area (Å²) in [4.78, 5) is 26.6. The van der Waals surface area contributed by atoms with E-state index in [1.165, 1.54) is 6.92 Å². The Kier molecular flexibility index (Phi) is 4.28. The van der Waals surface area contributed by atoms with Crippen molar-refractivity contribution in [1.29, 1.82) is 0 Å². The number of anilines is 1. The predicted octanol–water partition coefficient (Wildman–Crippen LogP) is 0.380. The molecule has 1 unspecified atom stereocenters. The van der Waals surface area contributed by atoms with Crippen molar-refractivity contribution >= 4 is 29.2 Å². The molecule has 0 saturated carbocycles. The number of pyridine rings is 1. The van der Waals surface area contributed by atoms with E-state index in [4.69, 9.17) is 17.3 Å². The van der Waals surface area contributed by atoms with Gasteiger partial charge in [0.05, 0.1) is 5.02 Å². The van der Waals surface area contributed by atoms with E-state index in [0.717, 1.165) is 0 Å². The van der Waals surface area contributed by atoms with E-state index in [-0.39, 0.29) is 10.7 Å². The molecule has 0 aliphatic heterocycles. The van der Waals surface area contributed by atoms with Crippen molar-refractivity contribution in [3.63, 3.8) is 0 Å². The molecule has 0 aliphatic rings. The maximum absolute atomic E-state index is 11.8. The lowest BCUT2D eigenvalue weighted by atomic mass is 10.2. The van der Waals surface area contributed by atoms with Crippen molar-refractivity contribution in [2.75, 3.05) is 12.4 Å². The van der Waals surface area contributed by atoms with Crippen LogP contribution in [0, 0.1) is 0 Å². The summed E-state index contributed by atoms with van der Waals surface area (Å²) in [6.07, 6.45) is 0.